The van der Waals surface area contributed by atoms with Crippen LogP contribution in [0.3, 0.4) is 0 Å². The quantitative estimate of drug-likeness (QED) is 0.652. The van der Waals surface area contributed by atoms with Gasteiger partial charge in [0.1, 0.15) is 5.75 Å². The first kappa shape index (κ1) is 8.75. The van der Waals surface area contributed by atoms with Crippen LogP contribution in [0, 0.1) is 0 Å². The van der Waals surface area contributed by atoms with E-state index in [0.717, 1.165) is 6.42 Å². The molecule has 0 amide bonds. The fourth-order valence-electron chi connectivity index (χ4n) is 1.37. The van der Waals surface area contributed by atoms with E-state index >= 15 is 0 Å². The van der Waals surface area contributed by atoms with Crippen molar-refractivity contribution >= 4 is 21.7 Å². The minimum atomic E-state index is -0.101. The molecule has 1 atom stereocenters. The first-order valence-corrected chi connectivity index (χ1v) is 5.11. The number of para-hydroxylation sites is 1. The van der Waals surface area contributed by atoms with Crippen LogP contribution in [0.4, 0.5) is 0 Å². The second-order valence-electron chi connectivity index (χ2n) is 2.97. The van der Waals surface area contributed by atoms with Crippen molar-refractivity contribution in [3.8, 4) is 5.75 Å². The molecule has 3 heteroatoms. The topological polar surface area (TPSA) is 26.3 Å². The van der Waals surface area contributed by atoms with Crippen LogP contribution in [-0.2, 0) is 0 Å². The van der Waals surface area contributed by atoms with Crippen molar-refractivity contribution in [2.75, 3.05) is 6.61 Å². The molecule has 1 aliphatic rings. The third-order valence-electron chi connectivity index (χ3n) is 2.07. The van der Waals surface area contributed by atoms with Crippen LogP contribution in [0.2, 0.25) is 0 Å². The van der Waals surface area contributed by atoms with Crippen LogP contribution in [-0.4, -0.2) is 17.2 Å². The lowest BCUT2D eigenvalue weighted by atomic mass is 10.1. The van der Waals surface area contributed by atoms with Gasteiger partial charge in [0.2, 0.25) is 0 Å². The molecule has 2 nitrogen and oxygen atoms in total. The Morgan fingerprint density at radius 3 is 3.00 bits per heavy atom. The van der Waals surface area contributed by atoms with Gasteiger partial charge >= 0.3 is 0 Å². The number of benzene rings is 1. The Morgan fingerprint density at radius 2 is 2.15 bits per heavy atom. The molecular weight excluding hydrogens is 232 g/mol. The summed E-state index contributed by atoms with van der Waals surface area (Å²) in [5, 5.41) is 0. The fourth-order valence-corrected chi connectivity index (χ4v) is 1.80. The number of hydrogen-bond acceptors (Lipinski definition) is 2. The molecule has 1 aromatic rings. The van der Waals surface area contributed by atoms with E-state index in [1.807, 2.05) is 18.2 Å². The van der Waals surface area contributed by atoms with E-state index in [1.165, 1.54) is 0 Å². The molecule has 0 spiro atoms. The highest BCUT2D eigenvalue weighted by Crippen LogP contribution is 2.26. The first-order chi connectivity index (χ1) is 6.29. The maximum Gasteiger partial charge on any atom is 0.180 e. The average molecular weight is 241 g/mol. The number of halogens is 1. The Hall–Kier alpha value is -0.830. The lowest BCUT2D eigenvalue weighted by Gasteiger charge is -2.04. The molecule has 1 aliphatic heterocycles. The van der Waals surface area contributed by atoms with Gasteiger partial charge in [-0.05, 0) is 12.1 Å². The first-order valence-electron chi connectivity index (χ1n) is 4.19. The van der Waals surface area contributed by atoms with Crippen LogP contribution in [0.25, 0.3) is 0 Å². The zero-order valence-corrected chi connectivity index (χ0v) is 8.58. The van der Waals surface area contributed by atoms with Crippen molar-refractivity contribution in [1.29, 1.82) is 0 Å². The smallest absolute Gasteiger partial charge is 0.180 e. The Kier molecular flexibility index (Phi) is 2.36. The second kappa shape index (κ2) is 3.50. The molecule has 1 heterocycles. The maximum absolute atomic E-state index is 11.7. The Morgan fingerprint density at radius 1 is 1.38 bits per heavy atom. The van der Waals surface area contributed by atoms with E-state index in [0.29, 0.717) is 17.9 Å². The molecule has 0 aromatic heterocycles. The highest BCUT2D eigenvalue weighted by Gasteiger charge is 2.23. The third kappa shape index (κ3) is 1.61. The van der Waals surface area contributed by atoms with Gasteiger partial charge in [0.05, 0.1) is 17.0 Å². The largest absolute Gasteiger partial charge is 0.493 e. The number of carbonyl (C=O) groups is 1. The predicted molar refractivity (Wildman–Crippen MR) is 53.6 cm³/mol. The van der Waals surface area contributed by atoms with Gasteiger partial charge in [-0.3, -0.25) is 4.79 Å². The number of rotatable bonds is 0. The van der Waals surface area contributed by atoms with E-state index in [-0.39, 0.29) is 10.6 Å². The molecule has 0 N–H and O–H groups in total. The number of hydrogen-bond donors (Lipinski definition) is 0. The highest BCUT2D eigenvalue weighted by molar-refractivity contribution is 9.10. The summed E-state index contributed by atoms with van der Waals surface area (Å²) in [5.41, 5.74) is 0.682. The number of fused-ring (bicyclic) bond motifs is 1. The standard InChI is InChI=1S/C10H9BrO2/c11-8-5-6-13-9-4-2-1-3-7(9)10(8)12/h1-4,8H,5-6H2/t8-/m0/s1. The number of Topliss-reactive ketones (excluding diaryl/α,β-unsaturated/α-hetero) is 1. The summed E-state index contributed by atoms with van der Waals surface area (Å²) in [6.45, 7) is 0.596. The van der Waals surface area contributed by atoms with Crippen molar-refractivity contribution in [2.45, 2.75) is 11.2 Å². The summed E-state index contributed by atoms with van der Waals surface area (Å²) in [4.78, 5) is 11.6. The van der Waals surface area contributed by atoms with Crippen molar-refractivity contribution in [3.63, 3.8) is 0 Å². The van der Waals surface area contributed by atoms with Crippen LogP contribution >= 0.6 is 15.9 Å². The van der Waals surface area contributed by atoms with E-state index in [2.05, 4.69) is 15.9 Å². The predicted octanol–water partition coefficient (Wildman–Crippen LogP) is 2.42. The molecule has 0 fully saturated rings. The number of carbonyl (C=O) groups excluding carboxylic acids is 1. The Labute approximate surface area is 85.0 Å². The summed E-state index contributed by atoms with van der Waals surface area (Å²) in [6, 6.07) is 7.36. The van der Waals surface area contributed by atoms with E-state index in [1.54, 1.807) is 6.07 Å². The Balaban J connectivity index is 2.46. The van der Waals surface area contributed by atoms with Gasteiger partial charge < -0.3 is 4.74 Å². The molecule has 1 aromatic carbocycles. The summed E-state index contributed by atoms with van der Waals surface area (Å²) in [6.07, 6.45) is 0.730. The number of ether oxygens (including phenoxy) is 1. The molecule has 0 aliphatic carbocycles. The summed E-state index contributed by atoms with van der Waals surface area (Å²) >= 11 is 3.34. The maximum atomic E-state index is 11.7. The molecular formula is C10H9BrO2. The van der Waals surface area contributed by atoms with Gasteiger partial charge in [-0.15, -0.1) is 0 Å². The average Bonchev–Trinajstić information content (AvgIpc) is 2.29. The summed E-state index contributed by atoms with van der Waals surface area (Å²) < 4.78 is 5.44. The van der Waals surface area contributed by atoms with Crippen molar-refractivity contribution < 1.29 is 9.53 Å². The fraction of sp³-hybridized carbons (Fsp3) is 0.300. The minimum absolute atomic E-state index is 0.101. The van der Waals surface area contributed by atoms with E-state index < -0.39 is 0 Å². The van der Waals surface area contributed by atoms with Crippen LogP contribution in [0.1, 0.15) is 16.8 Å². The van der Waals surface area contributed by atoms with Gasteiger partial charge in [0.25, 0.3) is 0 Å². The van der Waals surface area contributed by atoms with Crippen molar-refractivity contribution in [1.82, 2.24) is 0 Å². The SMILES string of the molecule is O=C1c2ccccc2OCC[C@@H]1Br. The van der Waals surface area contributed by atoms with Gasteiger partial charge in [-0.1, -0.05) is 28.1 Å². The van der Waals surface area contributed by atoms with Crippen LogP contribution in [0.5, 0.6) is 5.75 Å². The van der Waals surface area contributed by atoms with Crippen molar-refractivity contribution in [2.24, 2.45) is 0 Å². The van der Waals surface area contributed by atoms with E-state index in [4.69, 9.17) is 4.74 Å². The second-order valence-corrected chi connectivity index (χ2v) is 4.07. The van der Waals surface area contributed by atoms with Crippen molar-refractivity contribution in [3.05, 3.63) is 29.8 Å². The van der Waals surface area contributed by atoms with Gasteiger partial charge in [0, 0.05) is 6.42 Å². The molecule has 2 rings (SSSR count). The molecule has 0 radical (unpaired) electrons. The Bertz CT molecular complexity index is 335. The molecule has 13 heavy (non-hydrogen) atoms. The van der Waals surface area contributed by atoms with Gasteiger partial charge in [-0.2, -0.15) is 0 Å². The monoisotopic (exact) mass is 240 g/mol. The van der Waals surface area contributed by atoms with Crippen LogP contribution in [0.15, 0.2) is 24.3 Å². The number of alkyl halides is 1. The number of ketones is 1. The normalized spacial score (nSPS) is 21.6. The lowest BCUT2D eigenvalue weighted by Crippen LogP contribution is -2.12. The molecule has 0 saturated heterocycles. The molecule has 0 bridgehead atoms. The minimum Gasteiger partial charge on any atom is -0.493 e. The molecule has 0 unspecified atom stereocenters. The highest BCUT2D eigenvalue weighted by atomic mass is 79.9. The zero-order valence-electron chi connectivity index (χ0n) is 7.00. The lowest BCUT2D eigenvalue weighted by molar-refractivity contribution is 0.0991. The zero-order chi connectivity index (χ0) is 9.26. The summed E-state index contributed by atoms with van der Waals surface area (Å²) in [5.74, 6) is 0.822. The molecule has 68 valence electrons. The van der Waals surface area contributed by atoms with Gasteiger partial charge in [0.15, 0.2) is 5.78 Å². The third-order valence-corrected chi connectivity index (χ3v) is 2.94. The van der Waals surface area contributed by atoms with E-state index in [9.17, 15) is 4.79 Å². The van der Waals surface area contributed by atoms with Gasteiger partial charge in [-0.25, -0.2) is 0 Å². The molecule has 0 saturated carbocycles. The van der Waals surface area contributed by atoms with Crippen LogP contribution < -0.4 is 4.74 Å². The summed E-state index contributed by atoms with van der Waals surface area (Å²) in [7, 11) is 0.